The number of rotatable bonds is 7. The van der Waals surface area contributed by atoms with Crippen molar-refractivity contribution in [3.63, 3.8) is 0 Å². The molecule has 0 aliphatic carbocycles. The van der Waals surface area contributed by atoms with Crippen molar-refractivity contribution in [3.05, 3.63) is 58.1 Å². The van der Waals surface area contributed by atoms with E-state index >= 15 is 0 Å². The third kappa shape index (κ3) is 5.50. The third-order valence-electron chi connectivity index (χ3n) is 5.07. The van der Waals surface area contributed by atoms with E-state index in [-0.39, 0.29) is 16.7 Å². The monoisotopic (exact) mass is 540 g/mol. The number of hydrogen-bond acceptors (Lipinski definition) is 6. The maximum absolute atomic E-state index is 12.9. The number of sulfonamides is 1. The second kappa shape index (κ2) is 9.88. The van der Waals surface area contributed by atoms with Gasteiger partial charge in [-0.2, -0.15) is 4.72 Å². The molecule has 9 nitrogen and oxygen atoms in total. The Kier molecular flexibility index (Phi) is 7.10. The van der Waals surface area contributed by atoms with E-state index in [9.17, 15) is 18.0 Å². The van der Waals surface area contributed by atoms with Crippen LogP contribution >= 0.6 is 34.5 Å². The normalized spacial score (nSPS) is 16.6. The Labute approximate surface area is 209 Å². The molecule has 2 aromatic carbocycles. The van der Waals surface area contributed by atoms with E-state index in [0.29, 0.717) is 38.8 Å². The highest BCUT2D eigenvalue weighted by Crippen LogP contribution is 2.36. The molecule has 0 spiro atoms. The molecule has 1 aliphatic heterocycles. The first-order valence-electron chi connectivity index (χ1n) is 9.93. The molecule has 2 amide bonds. The summed E-state index contributed by atoms with van der Waals surface area (Å²) in [4.78, 5) is 29.0. The van der Waals surface area contributed by atoms with Crippen molar-refractivity contribution in [1.82, 2.24) is 14.9 Å². The van der Waals surface area contributed by atoms with E-state index in [1.54, 1.807) is 41.3 Å². The zero-order chi connectivity index (χ0) is 24.5. The molecule has 1 saturated heterocycles. The third-order valence-corrected chi connectivity index (χ3v) is 8.63. The maximum Gasteiger partial charge on any atom is 0.409 e. The Morgan fingerprint density at radius 2 is 2.06 bits per heavy atom. The molecule has 34 heavy (non-hydrogen) atoms. The van der Waals surface area contributed by atoms with Crippen LogP contribution in [-0.4, -0.2) is 49.3 Å². The molecule has 1 aromatic heterocycles. The quantitative estimate of drug-likeness (QED) is 0.305. The van der Waals surface area contributed by atoms with E-state index in [4.69, 9.17) is 28.3 Å². The number of carbonyl (C=O) groups is 2. The molecule has 178 valence electrons. The summed E-state index contributed by atoms with van der Waals surface area (Å²) >= 11 is 13.2. The molecular weight excluding hydrogens is 523 g/mol. The highest BCUT2D eigenvalue weighted by molar-refractivity contribution is 7.91. The van der Waals surface area contributed by atoms with Crippen LogP contribution in [0.2, 0.25) is 10.0 Å². The number of fused-ring (bicyclic) bond motifs is 1. The number of carbonyl (C=O) groups excluding carboxylic acids is 1. The van der Waals surface area contributed by atoms with Gasteiger partial charge in [0.15, 0.2) is 0 Å². The first-order chi connectivity index (χ1) is 16.1. The van der Waals surface area contributed by atoms with Gasteiger partial charge in [-0.25, -0.2) is 18.2 Å². The topological polar surface area (TPSA) is 128 Å². The minimum absolute atomic E-state index is 0.0541. The fourth-order valence-electron chi connectivity index (χ4n) is 3.54. The Bertz CT molecular complexity index is 1410. The van der Waals surface area contributed by atoms with Crippen LogP contribution in [0.5, 0.6) is 0 Å². The molecular formula is C21H18Cl2N4O5S2. The number of likely N-dealkylation sites (tertiary alicyclic amines) is 1. The molecule has 1 aliphatic rings. The van der Waals surface area contributed by atoms with Crippen molar-refractivity contribution in [2.75, 3.05) is 6.54 Å². The number of amides is 2. The average Bonchev–Trinajstić information content (AvgIpc) is 3.33. The lowest BCUT2D eigenvalue weighted by molar-refractivity contribution is -0.129. The Hall–Kier alpha value is -2.70. The highest BCUT2D eigenvalue weighted by atomic mass is 35.5. The van der Waals surface area contributed by atoms with Crippen molar-refractivity contribution in [1.29, 1.82) is 0 Å². The van der Waals surface area contributed by atoms with Gasteiger partial charge in [0.25, 0.3) is 10.0 Å². The van der Waals surface area contributed by atoms with E-state index in [2.05, 4.69) is 9.71 Å². The molecule has 1 atom stereocenters. The van der Waals surface area contributed by atoms with E-state index in [0.717, 1.165) is 23.2 Å². The van der Waals surface area contributed by atoms with Gasteiger partial charge in [0, 0.05) is 28.2 Å². The lowest BCUT2D eigenvalue weighted by atomic mass is 10.2. The zero-order valence-electron chi connectivity index (χ0n) is 17.4. The minimum atomic E-state index is -3.94. The number of carboxylic acid groups (broad SMARTS) is 1. The predicted octanol–water partition coefficient (Wildman–Crippen LogP) is 4.21. The van der Waals surface area contributed by atoms with E-state index < -0.39 is 22.2 Å². The first-order valence-corrected chi connectivity index (χ1v) is 13.0. The Balaban J connectivity index is 1.44. The van der Waals surface area contributed by atoms with Crippen LogP contribution in [0.15, 0.2) is 51.7 Å². The predicted molar refractivity (Wildman–Crippen MR) is 132 cm³/mol. The molecule has 3 N–H and O–H groups in total. The van der Waals surface area contributed by atoms with Crippen molar-refractivity contribution in [2.45, 2.75) is 23.2 Å². The molecule has 1 fully saturated rings. The molecule has 0 radical (unpaired) electrons. The van der Waals surface area contributed by atoms with Crippen LogP contribution < -0.4 is 10.0 Å². The van der Waals surface area contributed by atoms with Gasteiger partial charge in [0.05, 0.1) is 17.0 Å². The van der Waals surface area contributed by atoms with Gasteiger partial charge in [-0.05, 0) is 42.3 Å². The summed E-state index contributed by atoms with van der Waals surface area (Å²) in [5.41, 5.74) is 1.29. The SMILES string of the molecule is O=C(O)NC=Nc1cccc(CN2CC[C@H](NS(=O)(=O)c3cc4c(Cl)cc(Cl)cc4s3)C2=O)c1. The number of nitrogens with one attached hydrogen (secondary N) is 2. The maximum atomic E-state index is 12.9. The van der Waals surface area contributed by atoms with Crippen molar-refractivity contribution in [2.24, 2.45) is 4.99 Å². The smallest absolute Gasteiger partial charge is 0.409 e. The molecule has 13 heteroatoms. The van der Waals surface area contributed by atoms with Gasteiger partial charge < -0.3 is 10.0 Å². The summed E-state index contributed by atoms with van der Waals surface area (Å²) in [6.07, 6.45) is 0.164. The van der Waals surface area contributed by atoms with Gasteiger partial charge in [-0.3, -0.25) is 10.1 Å². The fourth-order valence-corrected chi connectivity index (χ4v) is 6.90. The first kappa shape index (κ1) is 24.4. The van der Waals surface area contributed by atoms with Crippen LogP contribution in [0, 0.1) is 0 Å². The summed E-state index contributed by atoms with van der Waals surface area (Å²) in [5, 5.41) is 12.0. The molecule has 0 bridgehead atoms. The Morgan fingerprint density at radius 3 is 2.82 bits per heavy atom. The largest absolute Gasteiger partial charge is 0.465 e. The lowest BCUT2D eigenvalue weighted by Gasteiger charge is -2.17. The average molecular weight is 541 g/mol. The van der Waals surface area contributed by atoms with Crippen LogP contribution in [0.1, 0.15) is 12.0 Å². The number of benzene rings is 2. The summed E-state index contributed by atoms with van der Waals surface area (Å²) in [5.74, 6) is -0.327. The van der Waals surface area contributed by atoms with Crippen LogP contribution in [0.25, 0.3) is 10.1 Å². The van der Waals surface area contributed by atoms with Gasteiger partial charge >= 0.3 is 6.09 Å². The number of hydrogen-bond donors (Lipinski definition) is 3. The van der Waals surface area contributed by atoms with Gasteiger partial charge in [-0.1, -0.05) is 35.3 Å². The van der Waals surface area contributed by atoms with Crippen LogP contribution in [0.3, 0.4) is 0 Å². The second-order valence-corrected chi connectivity index (χ2v) is 11.3. The number of nitrogens with zero attached hydrogens (tertiary/aromatic N) is 2. The molecule has 0 unspecified atom stereocenters. The van der Waals surface area contributed by atoms with Crippen LogP contribution in [-0.2, 0) is 21.4 Å². The van der Waals surface area contributed by atoms with Gasteiger partial charge in [-0.15, -0.1) is 11.3 Å². The van der Waals surface area contributed by atoms with Crippen molar-refractivity contribution < 1.29 is 23.1 Å². The number of thiophene rings is 1. The van der Waals surface area contributed by atoms with Gasteiger partial charge in [0.1, 0.15) is 10.3 Å². The Morgan fingerprint density at radius 1 is 1.26 bits per heavy atom. The minimum Gasteiger partial charge on any atom is -0.465 e. The molecule has 3 aromatic rings. The number of halogens is 2. The molecule has 4 rings (SSSR count). The summed E-state index contributed by atoms with van der Waals surface area (Å²) in [6, 6.07) is 10.7. The standard InChI is InChI=1S/C21H18Cl2N4O5S2/c22-13-7-16(23)15-9-19(33-18(15)8-13)34(31,32)26-17-4-5-27(20(17)28)10-12-2-1-3-14(6-12)24-11-25-21(29)30/h1-3,6-9,11,17,26H,4-5,10H2,(H,24,25)(H,29,30)/t17-/m0/s1. The molecule has 2 heterocycles. The second-order valence-electron chi connectivity index (χ2n) is 7.46. The molecule has 0 saturated carbocycles. The van der Waals surface area contributed by atoms with Crippen LogP contribution in [0.4, 0.5) is 10.5 Å². The zero-order valence-corrected chi connectivity index (χ0v) is 20.5. The fraction of sp³-hybridized carbons (Fsp3) is 0.190. The lowest BCUT2D eigenvalue weighted by Crippen LogP contribution is -2.41. The summed E-state index contributed by atoms with van der Waals surface area (Å²) in [7, 11) is -3.94. The highest BCUT2D eigenvalue weighted by Gasteiger charge is 2.35. The summed E-state index contributed by atoms with van der Waals surface area (Å²) < 4.78 is 29.1. The van der Waals surface area contributed by atoms with Gasteiger partial charge in [0.2, 0.25) is 5.91 Å². The summed E-state index contributed by atoms with van der Waals surface area (Å²) in [6.45, 7) is 0.651. The van der Waals surface area contributed by atoms with Crippen molar-refractivity contribution >= 4 is 78.7 Å². The van der Waals surface area contributed by atoms with E-state index in [1.807, 2.05) is 5.32 Å². The van der Waals surface area contributed by atoms with E-state index in [1.165, 1.54) is 6.07 Å². The number of aliphatic imine (C=N–C) groups is 1. The van der Waals surface area contributed by atoms with Crippen molar-refractivity contribution in [3.8, 4) is 0 Å².